The Labute approximate surface area is 112 Å². The Morgan fingerprint density at radius 2 is 1.50 bits per heavy atom. The third kappa shape index (κ3) is 8.86. The van der Waals surface area contributed by atoms with Crippen LogP contribution in [0.1, 0.15) is 51.9 Å². The fourth-order valence-electron chi connectivity index (χ4n) is 2.24. The largest absolute Gasteiger partial charge is 0.396 e. The van der Waals surface area contributed by atoms with Crippen LogP contribution in [0.15, 0.2) is 0 Å². The highest BCUT2D eigenvalue weighted by Crippen LogP contribution is 2.09. The van der Waals surface area contributed by atoms with Crippen LogP contribution in [0.5, 0.6) is 0 Å². The maximum absolute atomic E-state index is 9.29. The highest BCUT2D eigenvalue weighted by Gasteiger charge is 2.16. The van der Waals surface area contributed by atoms with Gasteiger partial charge in [-0.3, -0.25) is 4.90 Å². The van der Waals surface area contributed by atoms with Gasteiger partial charge in [-0.05, 0) is 19.4 Å². The van der Waals surface area contributed by atoms with Crippen molar-refractivity contribution in [3.63, 3.8) is 0 Å². The second kappa shape index (κ2) is 13.3. The molecule has 0 aromatic carbocycles. The summed E-state index contributed by atoms with van der Waals surface area (Å²) in [4.78, 5) is 2.09. The van der Waals surface area contributed by atoms with Gasteiger partial charge in [0.25, 0.3) is 0 Å². The summed E-state index contributed by atoms with van der Waals surface area (Å²) >= 11 is 0. The van der Waals surface area contributed by atoms with Gasteiger partial charge < -0.3 is 15.3 Å². The monoisotopic (exact) mass is 261 g/mol. The van der Waals surface area contributed by atoms with Crippen LogP contribution in [0.3, 0.4) is 0 Å². The average molecular weight is 261 g/mol. The molecule has 18 heavy (non-hydrogen) atoms. The molecule has 0 amide bonds. The molecule has 110 valence electrons. The minimum Gasteiger partial charge on any atom is -0.396 e. The molecule has 4 nitrogen and oxygen atoms in total. The Bertz CT molecular complexity index is 167. The van der Waals surface area contributed by atoms with Gasteiger partial charge in [0.05, 0.1) is 13.2 Å². The van der Waals surface area contributed by atoms with Crippen LogP contribution in [-0.4, -0.2) is 59.2 Å². The van der Waals surface area contributed by atoms with Gasteiger partial charge in [0.1, 0.15) is 0 Å². The van der Waals surface area contributed by atoms with Gasteiger partial charge in [0.15, 0.2) is 0 Å². The van der Waals surface area contributed by atoms with E-state index >= 15 is 0 Å². The van der Waals surface area contributed by atoms with Crippen molar-refractivity contribution in [1.82, 2.24) is 4.90 Å². The molecule has 0 saturated carbocycles. The predicted octanol–water partition coefficient (Wildman–Crippen LogP) is 1.38. The van der Waals surface area contributed by atoms with Crippen molar-refractivity contribution < 1.29 is 15.3 Å². The van der Waals surface area contributed by atoms with Gasteiger partial charge in [-0.1, -0.05) is 39.0 Å². The van der Waals surface area contributed by atoms with Crippen molar-refractivity contribution in [2.45, 2.75) is 57.9 Å². The van der Waals surface area contributed by atoms with E-state index in [0.717, 1.165) is 13.0 Å². The summed E-state index contributed by atoms with van der Waals surface area (Å²) in [5, 5.41) is 27.3. The zero-order valence-corrected chi connectivity index (χ0v) is 11.9. The van der Waals surface area contributed by atoms with E-state index in [0.29, 0.717) is 13.0 Å². The molecule has 4 heteroatoms. The van der Waals surface area contributed by atoms with Gasteiger partial charge in [0, 0.05) is 19.2 Å². The molecular formula is C14H31NO3. The van der Waals surface area contributed by atoms with Gasteiger partial charge in [0.2, 0.25) is 0 Å². The summed E-state index contributed by atoms with van der Waals surface area (Å²) in [5.74, 6) is 0. The quantitative estimate of drug-likeness (QED) is 0.438. The number of nitrogens with zero attached hydrogens (tertiary/aromatic N) is 1. The SMILES string of the molecule is CCCCCCCCN(CCO)C(CO)CCO. The van der Waals surface area contributed by atoms with Crippen molar-refractivity contribution in [2.24, 2.45) is 0 Å². The standard InChI is InChI=1S/C14H31NO3/c1-2-3-4-5-6-7-9-15(10-12-17)14(13-18)8-11-16/h14,16-18H,2-13H2,1H3. The lowest BCUT2D eigenvalue weighted by Gasteiger charge is -2.29. The number of unbranched alkanes of at least 4 members (excludes halogenated alkanes) is 5. The van der Waals surface area contributed by atoms with E-state index in [2.05, 4.69) is 11.8 Å². The van der Waals surface area contributed by atoms with E-state index in [9.17, 15) is 5.11 Å². The highest BCUT2D eigenvalue weighted by molar-refractivity contribution is 4.70. The fourth-order valence-corrected chi connectivity index (χ4v) is 2.24. The zero-order valence-electron chi connectivity index (χ0n) is 11.9. The van der Waals surface area contributed by atoms with Crippen LogP contribution >= 0.6 is 0 Å². The highest BCUT2D eigenvalue weighted by atomic mass is 16.3. The van der Waals surface area contributed by atoms with E-state index in [1.165, 1.54) is 32.1 Å². The summed E-state index contributed by atoms with van der Waals surface area (Å²) in [6, 6.07) is -0.0159. The molecule has 0 aromatic heterocycles. The molecule has 0 bridgehead atoms. The third-order valence-electron chi connectivity index (χ3n) is 3.38. The van der Waals surface area contributed by atoms with Crippen LogP contribution in [-0.2, 0) is 0 Å². The van der Waals surface area contributed by atoms with E-state index < -0.39 is 0 Å². The smallest absolute Gasteiger partial charge is 0.0587 e. The average Bonchev–Trinajstić information content (AvgIpc) is 2.39. The molecule has 0 aliphatic rings. The molecule has 3 N–H and O–H groups in total. The van der Waals surface area contributed by atoms with Crippen molar-refractivity contribution >= 4 is 0 Å². The van der Waals surface area contributed by atoms with Crippen LogP contribution in [0, 0.1) is 0 Å². The minimum atomic E-state index is -0.0159. The van der Waals surface area contributed by atoms with E-state index in [-0.39, 0.29) is 25.9 Å². The minimum absolute atomic E-state index is 0.0159. The number of rotatable bonds is 13. The van der Waals surface area contributed by atoms with E-state index in [1.807, 2.05) is 0 Å². The Hall–Kier alpha value is -0.160. The first-order valence-corrected chi connectivity index (χ1v) is 7.36. The van der Waals surface area contributed by atoms with Crippen molar-refractivity contribution in [3.05, 3.63) is 0 Å². The van der Waals surface area contributed by atoms with Crippen LogP contribution in [0.2, 0.25) is 0 Å². The molecular weight excluding hydrogens is 230 g/mol. The van der Waals surface area contributed by atoms with Crippen molar-refractivity contribution in [3.8, 4) is 0 Å². The Kier molecular flexibility index (Phi) is 13.2. The second-order valence-corrected chi connectivity index (χ2v) is 4.88. The maximum Gasteiger partial charge on any atom is 0.0587 e. The number of aliphatic hydroxyl groups excluding tert-OH is 3. The maximum atomic E-state index is 9.29. The second-order valence-electron chi connectivity index (χ2n) is 4.88. The molecule has 1 unspecified atom stereocenters. The van der Waals surface area contributed by atoms with Gasteiger partial charge in [-0.15, -0.1) is 0 Å². The molecule has 0 fully saturated rings. The van der Waals surface area contributed by atoms with Crippen LogP contribution in [0.25, 0.3) is 0 Å². The Morgan fingerprint density at radius 1 is 0.833 bits per heavy atom. The lowest BCUT2D eigenvalue weighted by Crippen LogP contribution is -2.41. The van der Waals surface area contributed by atoms with Gasteiger partial charge in [-0.25, -0.2) is 0 Å². The predicted molar refractivity (Wildman–Crippen MR) is 74.6 cm³/mol. The number of hydrogen-bond donors (Lipinski definition) is 3. The van der Waals surface area contributed by atoms with Crippen molar-refractivity contribution in [1.29, 1.82) is 0 Å². The summed E-state index contributed by atoms with van der Waals surface area (Å²) in [5.41, 5.74) is 0. The van der Waals surface area contributed by atoms with E-state index in [4.69, 9.17) is 10.2 Å². The number of aliphatic hydroxyl groups is 3. The first-order valence-electron chi connectivity index (χ1n) is 7.36. The molecule has 0 rings (SSSR count). The molecule has 0 spiro atoms. The first kappa shape index (κ1) is 17.8. The van der Waals surface area contributed by atoms with E-state index in [1.54, 1.807) is 0 Å². The molecule has 0 aliphatic carbocycles. The van der Waals surface area contributed by atoms with Crippen LogP contribution < -0.4 is 0 Å². The molecule has 0 radical (unpaired) electrons. The zero-order chi connectivity index (χ0) is 13.6. The fraction of sp³-hybridized carbons (Fsp3) is 1.00. The summed E-state index contributed by atoms with van der Waals surface area (Å²) in [7, 11) is 0. The third-order valence-corrected chi connectivity index (χ3v) is 3.38. The summed E-state index contributed by atoms with van der Waals surface area (Å²) in [6.45, 7) is 3.94. The Balaban J connectivity index is 3.80. The van der Waals surface area contributed by atoms with Gasteiger partial charge in [-0.2, -0.15) is 0 Å². The van der Waals surface area contributed by atoms with Crippen molar-refractivity contribution in [2.75, 3.05) is 32.9 Å². The lowest BCUT2D eigenvalue weighted by atomic mass is 10.1. The molecule has 0 heterocycles. The lowest BCUT2D eigenvalue weighted by molar-refractivity contribution is 0.0816. The van der Waals surface area contributed by atoms with Crippen LogP contribution in [0.4, 0.5) is 0 Å². The molecule has 0 aliphatic heterocycles. The molecule has 0 aromatic rings. The normalized spacial score (nSPS) is 13.2. The summed E-state index contributed by atoms with van der Waals surface area (Å²) in [6.07, 6.45) is 8.03. The van der Waals surface area contributed by atoms with Gasteiger partial charge >= 0.3 is 0 Å². The molecule has 0 saturated heterocycles. The molecule has 1 atom stereocenters. The Morgan fingerprint density at radius 3 is 2.06 bits per heavy atom. The summed E-state index contributed by atoms with van der Waals surface area (Å²) < 4.78 is 0. The first-order chi connectivity index (χ1) is 8.79. The number of hydrogen-bond acceptors (Lipinski definition) is 4. The topological polar surface area (TPSA) is 63.9 Å².